The highest BCUT2D eigenvalue weighted by Gasteiger charge is 2.24. The van der Waals surface area contributed by atoms with E-state index in [9.17, 15) is 9.59 Å². The van der Waals surface area contributed by atoms with Crippen LogP contribution in [-0.4, -0.2) is 24.0 Å². The predicted molar refractivity (Wildman–Crippen MR) is 92.6 cm³/mol. The number of rotatable bonds is 6. The standard InChI is InChI=1S/C19H16ClNO4/c1-12(18(22)15-5-7-16(20)8-6-15)25-19(23)13(2)24-17-9-3-14(11-21)4-10-17/h3-10,12-13H,1-2H3/t12-,13-/m1/s1. The summed E-state index contributed by atoms with van der Waals surface area (Å²) in [7, 11) is 0. The van der Waals surface area contributed by atoms with Crippen molar-refractivity contribution in [2.75, 3.05) is 0 Å². The number of hydrogen-bond donors (Lipinski definition) is 0. The van der Waals surface area contributed by atoms with E-state index in [1.54, 1.807) is 48.5 Å². The van der Waals surface area contributed by atoms with Crippen molar-refractivity contribution in [1.29, 1.82) is 5.26 Å². The summed E-state index contributed by atoms with van der Waals surface area (Å²) < 4.78 is 10.6. The molecular weight excluding hydrogens is 342 g/mol. The molecular formula is C19H16ClNO4. The largest absolute Gasteiger partial charge is 0.479 e. The van der Waals surface area contributed by atoms with Crippen molar-refractivity contribution in [3.05, 3.63) is 64.7 Å². The molecule has 128 valence electrons. The molecule has 0 N–H and O–H groups in total. The van der Waals surface area contributed by atoms with E-state index in [4.69, 9.17) is 26.3 Å². The number of nitriles is 1. The lowest BCUT2D eigenvalue weighted by atomic mass is 10.1. The van der Waals surface area contributed by atoms with Gasteiger partial charge in [0.1, 0.15) is 5.75 Å². The zero-order valence-electron chi connectivity index (χ0n) is 13.7. The Balaban J connectivity index is 1.94. The van der Waals surface area contributed by atoms with Crippen LogP contribution in [0.15, 0.2) is 48.5 Å². The van der Waals surface area contributed by atoms with Gasteiger partial charge in [-0.25, -0.2) is 4.79 Å². The van der Waals surface area contributed by atoms with Gasteiger partial charge in [0.2, 0.25) is 5.78 Å². The Morgan fingerprint density at radius 2 is 1.60 bits per heavy atom. The fraction of sp³-hybridized carbons (Fsp3) is 0.211. The molecule has 2 atom stereocenters. The van der Waals surface area contributed by atoms with Crippen LogP contribution in [0.25, 0.3) is 0 Å². The molecule has 0 heterocycles. The minimum Gasteiger partial charge on any atom is -0.479 e. The van der Waals surface area contributed by atoms with Gasteiger partial charge in [0.15, 0.2) is 12.2 Å². The van der Waals surface area contributed by atoms with Crippen LogP contribution in [0.4, 0.5) is 0 Å². The Kier molecular flexibility index (Phi) is 6.15. The highest BCUT2D eigenvalue weighted by Crippen LogP contribution is 2.16. The van der Waals surface area contributed by atoms with Crippen LogP contribution < -0.4 is 4.74 Å². The number of hydrogen-bond acceptors (Lipinski definition) is 5. The van der Waals surface area contributed by atoms with Gasteiger partial charge in [0.25, 0.3) is 0 Å². The van der Waals surface area contributed by atoms with Gasteiger partial charge in [-0.3, -0.25) is 4.79 Å². The van der Waals surface area contributed by atoms with Gasteiger partial charge in [-0.2, -0.15) is 5.26 Å². The monoisotopic (exact) mass is 357 g/mol. The molecule has 25 heavy (non-hydrogen) atoms. The minimum absolute atomic E-state index is 0.324. The van der Waals surface area contributed by atoms with Gasteiger partial charge in [-0.1, -0.05) is 11.6 Å². The second-order valence-corrected chi connectivity index (χ2v) is 5.78. The Bertz CT molecular complexity index is 794. The number of carbonyl (C=O) groups excluding carboxylic acids is 2. The summed E-state index contributed by atoms with van der Waals surface area (Å²) in [4.78, 5) is 24.3. The third-order valence-electron chi connectivity index (χ3n) is 3.42. The maximum absolute atomic E-state index is 12.3. The SMILES string of the molecule is C[C@@H](Oc1ccc(C#N)cc1)C(=O)O[C@H](C)C(=O)c1ccc(Cl)cc1. The Morgan fingerprint density at radius 1 is 1.00 bits per heavy atom. The fourth-order valence-corrected chi connectivity index (χ4v) is 2.16. The van der Waals surface area contributed by atoms with Crippen LogP contribution >= 0.6 is 11.6 Å². The van der Waals surface area contributed by atoms with Crippen molar-refractivity contribution in [2.24, 2.45) is 0 Å². The van der Waals surface area contributed by atoms with E-state index in [1.807, 2.05) is 6.07 Å². The average molecular weight is 358 g/mol. The summed E-state index contributed by atoms with van der Waals surface area (Å²) in [6.45, 7) is 3.03. The first-order chi connectivity index (χ1) is 11.9. The van der Waals surface area contributed by atoms with Crippen LogP contribution in [0.3, 0.4) is 0 Å². The molecule has 0 unspecified atom stereocenters. The van der Waals surface area contributed by atoms with Gasteiger partial charge in [0.05, 0.1) is 11.6 Å². The fourth-order valence-electron chi connectivity index (χ4n) is 2.03. The lowest BCUT2D eigenvalue weighted by Crippen LogP contribution is -2.32. The first-order valence-corrected chi connectivity index (χ1v) is 7.95. The number of halogens is 1. The van der Waals surface area contributed by atoms with Gasteiger partial charge in [-0.15, -0.1) is 0 Å². The third kappa shape index (κ3) is 5.07. The van der Waals surface area contributed by atoms with Crippen LogP contribution in [0.1, 0.15) is 29.8 Å². The van der Waals surface area contributed by atoms with E-state index in [2.05, 4.69) is 0 Å². The summed E-state index contributed by atoms with van der Waals surface area (Å²) in [5.74, 6) is -0.546. The van der Waals surface area contributed by atoms with Crippen molar-refractivity contribution in [1.82, 2.24) is 0 Å². The zero-order valence-corrected chi connectivity index (χ0v) is 14.5. The first kappa shape index (κ1) is 18.5. The number of ether oxygens (including phenoxy) is 2. The maximum Gasteiger partial charge on any atom is 0.347 e. The van der Waals surface area contributed by atoms with Gasteiger partial charge in [0, 0.05) is 10.6 Å². The lowest BCUT2D eigenvalue weighted by Gasteiger charge is -2.17. The summed E-state index contributed by atoms with van der Waals surface area (Å²) in [6, 6.07) is 14.7. The van der Waals surface area contributed by atoms with Crippen LogP contribution in [-0.2, 0) is 9.53 Å². The van der Waals surface area contributed by atoms with E-state index in [-0.39, 0.29) is 5.78 Å². The molecule has 0 spiro atoms. The summed E-state index contributed by atoms with van der Waals surface area (Å²) >= 11 is 5.79. The van der Waals surface area contributed by atoms with E-state index in [1.165, 1.54) is 13.8 Å². The molecule has 0 amide bonds. The Hall–Kier alpha value is -2.84. The molecule has 0 saturated carbocycles. The van der Waals surface area contributed by atoms with Crippen molar-refractivity contribution >= 4 is 23.4 Å². The summed E-state index contributed by atoms with van der Waals surface area (Å²) in [6.07, 6.45) is -1.84. The molecule has 2 aromatic carbocycles. The summed E-state index contributed by atoms with van der Waals surface area (Å²) in [5, 5.41) is 9.27. The smallest absolute Gasteiger partial charge is 0.347 e. The molecule has 0 aliphatic rings. The maximum atomic E-state index is 12.3. The van der Waals surface area contributed by atoms with Gasteiger partial charge < -0.3 is 9.47 Å². The molecule has 0 aromatic heterocycles. The molecule has 0 saturated heterocycles. The van der Waals surface area contributed by atoms with Crippen molar-refractivity contribution in [2.45, 2.75) is 26.1 Å². The molecule has 0 aliphatic carbocycles. The van der Waals surface area contributed by atoms with Crippen LogP contribution in [0.5, 0.6) is 5.75 Å². The third-order valence-corrected chi connectivity index (χ3v) is 3.67. The zero-order chi connectivity index (χ0) is 18.4. The Morgan fingerprint density at radius 3 is 2.16 bits per heavy atom. The van der Waals surface area contributed by atoms with Gasteiger partial charge >= 0.3 is 5.97 Å². The van der Waals surface area contributed by atoms with Crippen molar-refractivity contribution in [3.8, 4) is 11.8 Å². The molecule has 0 bridgehead atoms. The predicted octanol–water partition coefficient (Wildman–Crippen LogP) is 3.79. The normalized spacial score (nSPS) is 12.6. The number of benzene rings is 2. The van der Waals surface area contributed by atoms with E-state index in [0.717, 1.165) is 0 Å². The van der Waals surface area contributed by atoms with E-state index < -0.39 is 18.2 Å². The molecule has 0 fully saturated rings. The molecule has 5 nitrogen and oxygen atoms in total. The van der Waals surface area contributed by atoms with Crippen LogP contribution in [0.2, 0.25) is 5.02 Å². The van der Waals surface area contributed by atoms with Gasteiger partial charge in [-0.05, 0) is 62.4 Å². The van der Waals surface area contributed by atoms with Crippen LogP contribution in [0, 0.1) is 11.3 Å². The average Bonchev–Trinajstić information content (AvgIpc) is 2.62. The number of nitrogens with zero attached hydrogens (tertiary/aromatic N) is 1. The lowest BCUT2D eigenvalue weighted by molar-refractivity contribution is -0.153. The van der Waals surface area contributed by atoms with E-state index in [0.29, 0.717) is 21.9 Å². The number of ketones is 1. The van der Waals surface area contributed by atoms with E-state index >= 15 is 0 Å². The molecule has 6 heteroatoms. The number of carbonyl (C=O) groups is 2. The first-order valence-electron chi connectivity index (χ1n) is 7.58. The molecule has 2 aromatic rings. The molecule has 0 aliphatic heterocycles. The summed E-state index contributed by atoms with van der Waals surface area (Å²) in [5.41, 5.74) is 0.898. The quantitative estimate of drug-likeness (QED) is 0.580. The highest BCUT2D eigenvalue weighted by atomic mass is 35.5. The minimum atomic E-state index is -0.944. The topological polar surface area (TPSA) is 76.4 Å². The second-order valence-electron chi connectivity index (χ2n) is 5.35. The number of esters is 1. The molecule has 2 rings (SSSR count). The van der Waals surface area contributed by atoms with Crippen molar-refractivity contribution < 1.29 is 19.1 Å². The molecule has 0 radical (unpaired) electrons. The highest BCUT2D eigenvalue weighted by molar-refractivity contribution is 6.30. The Labute approximate surface area is 150 Å². The van der Waals surface area contributed by atoms with Crippen molar-refractivity contribution in [3.63, 3.8) is 0 Å². The number of Topliss-reactive ketones (excluding diaryl/α,β-unsaturated/α-hetero) is 1. The second kappa shape index (κ2) is 8.32.